The Hall–Kier alpha value is -4.21. The third-order valence-electron chi connectivity index (χ3n) is 9.48. The highest BCUT2D eigenvalue weighted by Gasteiger charge is 2.28. The van der Waals surface area contributed by atoms with E-state index in [9.17, 15) is 14.4 Å². The highest BCUT2D eigenvalue weighted by molar-refractivity contribution is 5.97. The van der Waals surface area contributed by atoms with Gasteiger partial charge in [0.2, 0.25) is 5.91 Å². The minimum absolute atomic E-state index is 0.00583. The summed E-state index contributed by atoms with van der Waals surface area (Å²) in [6.07, 6.45) is 3.48. The van der Waals surface area contributed by atoms with Crippen LogP contribution in [0, 0.1) is 5.92 Å². The Labute approximate surface area is 265 Å². The number of para-hydroxylation sites is 1. The van der Waals surface area contributed by atoms with Crippen LogP contribution in [0.3, 0.4) is 0 Å². The van der Waals surface area contributed by atoms with E-state index in [-0.39, 0.29) is 23.8 Å². The fourth-order valence-corrected chi connectivity index (χ4v) is 6.80. The average Bonchev–Trinajstić information content (AvgIpc) is 3.06. The van der Waals surface area contributed by atoms with Crippen LogP contribution in [0.2, 0.25) is 0 Å². The molecule has 3 heterocycles. The minimum atomic E-state index is -0.426. The second-order valence-corrected chi connectivity index (χ2v) is 12.5. The summed E-state index contributed by atoms with van der Waals surface area (Å²) >= 11 is 0. The van der Waals surface area contributed by atoms with E-state index in [1.807, 2.05) is 65.6 Å². The van der Waals surface area contributed by atoms with Gasteiger partial charge in [-0.1, -0.05) is 60.7 Å². The number of nitrogens with zero attached hydrogens (tertiary/aromatic N) is 3. The molecule has 3 aliphatic heterocycles. The Balaban J connectivity index is 0.933. The Bertz CT molecular complexity index is 1500. The molecule has 0 aliphatic carbocycles. The van der Waals surface area contributed by atoms with E-state index in [1.54, 1.807) is 0 Å². The van der Waals surface area contributed by atoms with Crippen LogP contribution in [0.25, 0.3) is 11.1 Å². The lowest BCUT2D eigenvalue weighted by Crippen LogP contribution is -2.45. The van der Waals surface area contributed by atoms with Crippen LogP contribution in [-0.4, -0.2) is 84.5 Å². The lowest BCUT2D eigenvalue weighted by Gasteiger charge is -2.35. The van der Waals surface area contributed by atoms with E-state index in [2.05, 4.69) is 27.2 Å². The number of nitrogens with two attached hydrogens (primary N) is 1. The number of likely N-dealkylation sites (tertiary alicyclic amines) is 2. The van der Waals surface area contributed by atoms with Crippen LogP contribution < -0.4 is 11.1 Å². The second-order valence-electron chi connectivity index (χ2n) is 12.5. The monoisotopic (exact) mass is 609 g/mol. The molecule has 0 unspecified atom stereocenters. The molecule has 0 saturated carbocycles. The molecular formula is C36H43N5O4. The van der Waals surface area contributed by atoms with Crippen LogP contribution in [0.4, 0.5) is 10.5 Å². The normalized spacial score (nSPS) is 18.4. The fourth-order valence-electron chi connectivity index (χ4n) is 6.80. The Kier molecular flexibility index (Phi) is 9.76. The van der Waals surface area contributed by atoms with Crippen molar-refractivity contribution in [2.24, 2.45) is 11.7 Å². The first-order valence-corrected chi connectivity index (χ1v) is 16.2. The predicted molar refractivity (Wildman–Crippen MR) is 175 cm³/mol. The molecule has 0 radical (unpaired) electrons. The summed E-state index contributed by atoms with van der Waals surface area (Å²) in [7, 11) is 0. The number of benzene rings is 3. The number of primary amides is 1. The number of piperidine rings is 2. The van der Waals surface area contributed by atoms with E-state index in [0.717, 1.165) is 106 Å². The van der Waals surface area contributed by atoms with Crippen molar-refractivity contribution in [2.75, 3.05) is 51.1 Å². The van der Waals surface area contributed by atoms with Crippen molar-refractivity contribution in [2.45, 2.75) is 44.8 Å². The Morgan fingerprint density at radius 2 is 1.51 bits per heavy atom. The zero-order valence-electron chi connectivity index (χ0n) is 25.8. The van der Waals surface area contributed by atoms with Gasteiger partial charge in [0.25, 0.3) is 5.91 Å². The molecular weight excluding hydrogens is 566 g/mol. The number of hydrogen-bond acceptors (Lipinski definition) is 6. The second kappa shape index (κ2) is 14.3. The topological polar surface area (TPSA) is 108 Å². The molecule has 2 saturated heterocycles. The van der Waals surface area contributed by atoms with Gasteiger partial charge in [0.05, 0.1) is 5.69 Å². The maximum absolute atomic E-state index is 13.3. The van der Waals surface area contributed by atoms with Gasteiger partial charge in [-0.3, -0.25) is 19.8 Å². The van der Waals surface area contributed by atoms with E-state index in [1.165, 1.54) is 5.56 Å². The van der Waals surface area contributed by atoms with Gasteiger partial charge in [0.15, 0.2) is 0 Å². The SMILES string of the molecule is NC(=O)C1CCN(Cc2ccc3c(c2)CCN(CCN2CCC(OC(=O)Nc4ccccc4-c4ccccc4)CC2)C3=O)CC1. The molecule has 2 fully saturated rings. The van der Waals surface area contributed by atoms with Crippen molar-refractivity contribution in [1.29, 1.82) is 0 Å². The summed E-state index contributed by atoms with van der Waals surface area (Å²) in [5.41, 5.74) is 11.4. The fraction of sp³-hybridized carbons (Fsp3) is 0.417. The van der Waals surface area contributed by atoms with Gasteiger partial charge in [-0.25, -0.2) is 4.79 Å². The van der Waals surface area contributed by atoms with E-state index >= 15 is 0 Å². The first-order chi connectivity index (χ1) is 21.9. The molecule has 0 bridgehead atoms. The van der Waals surface area contributed by atoms with Gasteiger partial charge < -0.3 is 20.3 Å². The Morgan fingerprint density at radius 1 is 0.800 bits per heavy atom. The summed E-state index contributed by atoms with van der Waals surface area (Å²) in [5, 5.41) is 2.94. The summed E-state index contributed by atoms with van der Waals surface area (Å²) < 4.78 is 5.79. The van der Waals surface area contributed by atoms with Crippen molar-refractivity contribution >= 4 is 23.6 Å². The molecule has 6 rings (SSSR count). The first-order valence-electron chi connectivity index (χ1n) is 16.2. The van der Waals surface area contributed by atoms with Crippen LogP contribution >= 0.6 is 0 Å². The quantitative estimate of drug-likeness (QED) is 0.362. The first kappa shape index (κ1) is 30.8. The largest absolute Gasteiger partial charge is 0.446 e. The highest BCUT2D eigenvalue weighted by atomic mass is 16.6. The maximum Gasteiger partial charge on any atom is 0.411 e. The lowest BCUT2D eigenvalue weighted by atomic mass is 9.94. The Morgan fingerprint density at radius 3 is 2.27 bits per heavy atom. The van der Waals surface area contributed by atoms with Crippen molar-refractivity contribution < 1.29 is 19.1 Å². The predicted octanol–water partition coefficient (Wildman–Crippen LogP) is 4.76. The molecule has 3 aromatic rings. The lowest BCUT2D eigenvalue weighted by molar-refractivity contribution is -0.123. The van der Waals surface area contributed by atoms with Crippen LogP contribution in [0.15, 0.2) is 72.8 Å². The highest BCUT2D eigenvalue weighted by Crippen LogP contribution is 2.28. The smallest absolute Gasteiger partial charge is 0.411 e. The van der Waals surface area contributed by atoms with Crippen LogP contribution in [0.1, 0.15) is 47.2 Å². The molecule has 3 aliphatic rings. The minimum Gasteiger partial charge on any atom is -0.446 e. The molecule has 3 N–H and O–H groups in total. The molecule has 9 heteroatoms. The molecule has 0 spiro atoms. The van der Waals surface area contributed by atoms with Crippen molar-refractivity contribution in [3.8, 4) is 11.1 Å². The molecule has 3 aromatic carbocycles. The molecule has 9 nitrogen and oxygen atoms in total. The molecule has 45 heavy (non-hydrogen) atoms. The maximum atomic E-state index is 13.3. The molecule has 3 amide bonds. The van der Waals surface area contributed by atoms with Gasteiger partial charge in [0, 0.05) is 56.3 Å². The van der Waals surface area contributed by atoms with E-state index < -0.39 is 6.09 Å². The summed E-state index contributed by atoms with van der Waals surface area (Å²) in [6.45, 7) is 6.46. The molecule has 0 atom stereocenters. The van der Waals surface area contributed by atoms with E-state index in [4.69, 9.17) is 10.5 Å². The van der Waals surface area contributed by atoms with Gasteiger partial charge >= 0.3 is 6.09 Å². The number of fused-ring (bicyclic) bond motifs is 1. The third kappa shape index (κ3) is 7.72. The van der Waals surface area contributed by atoms with Crippen molar-refractivity contribution in [1.82, 2.24) is 14.7 Å². The zero-order chi connectivity index (χ0) is 31.2. The number of nitrogens with one attached hydrogen (secondary N) is 1. The van der Waals surface area contributed by atoms with Gasteiger partial charge in [-0.2, -0.15) is 0 Å². The van der Waals surface area contributed by atoms with Crippen LogP contribution in [-0.2, 0) is 22.5 Å². The number of anilines is 1. The van der Waals surface area contributed by atoms with E-state index in [0.29, 0.717) is 6.54 Å². The number of hydrogen-bond donors (Lipinski definition) is 2. The number of carbonyl (C=O) groups excluding carboxylic acids is 3. The van der Waals surface area contributed by atoms with Gasteiger partial charge in [0.1, 0.15) is 6.10 Å². The number of rotatable bonds is 9. The van der Waals surface area contributed by atoms with Crippen molar-refractivity contribution in [3.63, 3.8) is 0 Å². The molecule has 0 aromatic heterocycles. The van der Waals surface area contributed by atoms with Crippen LogP contribution in [0.5, 0.6) is 0 Å². The summed E-state index contributed by atoms with van der Waals surface area (Å²) in [6, 6.07) is 24.0. The molecule has 236 valence electrons. The number of carbonyl (C=O) groups is 3. The number of ether oxygens (including phenoxy) is 1. The third-order valence-corrected chi connectivity index (χ3v) is 9.48. The standard InChI is InChI=1S/C36H43N5O4/c37-34(42)28-12-17-40(18-13-28)25-26-10-11-32-29(24-26)14-21-41(35(32)43)23-22-39-19-15-30(16-20-39)45-36(44)38-33-9-5-4-8-31(33)27-6-2-1-3-7-27/h1-11,24,28,30H,12-23,25H2,(H2,37,42)(H,38,44). The average molecular weight is 610 g/mol. The summed E-state index contributed by atoms with van der Waals surface area (Å²) in [5.74, 6) is -0.0870. The van der Waals surface area contributed by atoms with Crippen molar-refractivity contribution in [3.05, 3.63) is 89.5 Å². The zero-order valence-corrected chi connectivity index (χ0v) is 25.8. The number of amides is 3. The summed E-state index contributed by atoms with van der Waals surface area (Å²) in [4.78, 5) is 44.2. The van der Waals surface area contributed by atoms with Gasteiger partial charge in [-0.05, 0) is 74.0 Å². The van der Waals surface area contributed by atoms with Gasteiger partial charge in [-0.15, -0.1) is 0 Å².